The predicted molar refractivity (Wildman–Crippen MR) is 116 cm³/mol. The van der Waals surface area contributed by atoms with Crippen molar-refractivity contribution >= 4 is 26.9 Å². The number of imidazole rings is 1. The smallest absolute Gasteiger partial charge is 0.252 e. The molecule has 3 aromatic rings. The van der Waals surface area contributed by atoms with Crippen LogP contribution in [0.4, 0.5) is 0 Å². The number of pyridine rings is 1. The molecule has 0 aliphatic carbocycles. The SMILES string of the molecule is O=C(NCCC1CCS(=O)(=O)CC1)c1cnc2c(c1)ncn2CCc1ccccc1. The average Bonchev–Trinajstić information content (AvgIpc) is 3.16. The molecule has 1 N–H and O–H groups in total. The Morgan fingerprint density at radius 1 is 1.13 bits per heavy atom. The van der Waals surface area contributed by atoms with Gasteiger partial charge in [-0.2, -0.15) is 0 Å². The molecule has 0 spiro atoms. The highest BCUT2D eigenvalue weighted by Crippen LogP contribution is 2.21. The third-order valence-corrected chi connectivity index (χ3v) is 7.43. The van der Waals surface area contributed by atoms with Gasteiger partial charge in [0.05, 0.1) is 23.4 Å². The zero-order valence-corrected chi connectivity index (χ0v) is 17.6. The van der Waals surface area contributed by atoms with Crippen molar-refractivity contribution in [1.29, 1.82) is 0 Å². The van der Waals surface area contributed by atoms with E-state index in [2.05, 4.69) is 27.4 Å². The summed E-state index contributed by atoms with van der Waals surface area (Å²) in [7, 11) is -2.84. The lowest BCUT2D eigenvalue weighted by Crippen LogP contribution is -2.29. The summed E-state index contributed by atoms with van der Waals surface area (Å²) in [5.41, 5.74) is 3.21. The number of hydrogen-bond acceptors (Lipinski definition) is 5. The molecule has 0 bridgehead atoms. The van der Waals surface area contributed by atoms with Gasteiger partial charge in [0.25, 0.3) is 5.91 Å². The minimum absolute atomic E-state index is 0.174. The second kappa shape index (κ2) is 8.95. The van der Waals surface area contributed by atoms with E-state index in [1.165, 1.54) is 5.56 Å². The highest BCUT2D eigenvalue weighted by atomic mass is 32.2. The summed E-state index contributed by atoms with van der Waals surface area (Å²) >= 11 is 0. The van der Waals surface area contributed by atoms with Crippen molar-refractivity contribution in [2.24, 2.45) is 5.92 Å². The summed E-state index contributed by atoms with van der Waals surface area (Å²) < 4.78 is 25.0. The molecular weight excluding hydrogens is 400 g/mol. The first-order valence-electron chi connectivity index (χ1n) is 10.3. The van der Waals surface area contributed by atoms with E-state index in [0.29, 0.717) is 36.4 Å². The molecule has 4 rings (SSSR count). The summed E-state index contributed by atoms with van der Waals surface area (Å²) in [6, 6.07) is 12.0. The maximum atomic E-state index is 12.5. The summed E-state index contributed by atoms with van der Waals surface area (Å²) in [5.74, 6) is 0.708. The minimum Gasteiger partial charge on any atom is -0.352 e. The molecule has 30 heavy (non-hydrogen) atoms. The number of rotatable bonds is 7. The van der Waals surface area contributed by atoms with Gasteiger partial charge in [-0.25, -0.2) is 18.4 Å². The first-order chi connectivity index (χ1) is 14.5. The number of amides is 1. The Bertz CT molecular complexity index is 1110. The Morgan fingerprint density at radius 3 is 2.67 bits per heavy atom. The fourth-order valence-electron chi connectivity index (χ4n) is 3.85. The minimum atomic E-state index is -2.84. The van der Waals surface area contributed by atoms with Crippen LogP contribution in [0.25, 0.3) is 11.2 Å². The highest BCUT2D eigenvalue weighted by molar-refractivity contribution is 7.91. The first-order valence-corrected chi connectivity index (χ1v) is 12.2. The number of aryl methyl sites for hydroxylation is 2. The molecule has 1 aliphatic rings. The zero-order valence-electron chi connectivity index (χ0n) is 16.8. The Hall–Kier alpha value is -2.74. The number of benzene rings is 1. The molecule has 7 nitrogen and oxygen atoms in total. The van der Waals surface area contributed by atoms with E-state index < -0.39 is 9.84 Å². The molecule has 0 radical (unpaired) electrons. The fourth-order valence-corrected chi connectivity index (χ4v) is 5.44. The number of nitrogens with one attached hydrogen (secondary N) is 1. The highest BCUT2D eigenvalue weighted by Gasteiger charge is 2.23. The molecule has 0 unspecified atom stereocenters. The molecule has 0 atom stereocenters. The molecule has 2 aromatic heterocycles. The van der Waals surface area contributed by atoms with Gasteiger partial charge in [0, 0.05) is 19.3 Å². The third-order valence-electron chi connectivity index (χ3n) is 5.71. The fraction of sp³-hybridized carbons (Fsp3) is 0.409. The van der Waals surface area contributed by atoms with Crippen LogP contribution in [0.5, 0.6) is 0 Å². The van der Waals surface area contributed by atoms with Crippen molar-refractivity contribution in [2.45, 2.75) is 32.2 Å². The van der Waals surface area contributed by atoms with Crippen LogP contribution < -0.4 is 5.32 Å². The zero-order chi connectivity index (χ0) is 21.0. The van der Waals surface area contributed by atoms with Crippen molar-refractivity contribution in [3.63, 3.8) is 0 Å². The van der Waals surface area contributed by atoms with Gasteiger partial charge in [0.2, 0.25) is 0 Å². The molecule has 1 fully saturated rings. The van der Waals surface area contributed by atoms with Crippen LogP contribution in [0.15, 0.2) is 48.9 Å². The normalized spacial score (nSPS) is 16.5. The van der Waals surface area contributed by atoms with Gasteiger partial charge < -0.3 is 9.88 Å². The quantitative estimate of drug-likeness (QED) is 0.627. The van der Waals surface area contributed by atoms with Crippen LogP contribution in [0, 0.1) is 5.92 Å². The number of fused-ring (bicyclic) bond motifs is 1. The van der Waals surface area contributed by atoms with Gasteiger partial charge >= 0.3 is 0 Å². The van der Waals surface area contributed by atoms with E-state index >= 15 is 0 Å². The van der Waals surface area contributed by atoms with Crippen LogP contribution >= 0.6 is 0 Å². The van der Waals surface area contributed by atoms with Crippen molar-refractivity contribution in [3.05, 3.63) is 60.0 Å². The van der Waals surface area contributed by atoms with Crippen LogP contribution in [-0.2, 0) is 22.8 Å². The Balaban J connectivity index is 1.31. The average molecular weight is 427 g/mol. The van der Waals surface area contributed by atoms with Crippen LogP contribution in [-0.4, -0.2) is 46.9 Å². The Kier molecular flexibility index (Phi) is 6.13. The molecule has 1 aromatic carbocycles. The van der Waals surface area contributed by atoms with E-state index in [4.69, 9.17) is 0 Å². The molecule has 3 heterocycles. The van der Waals surface area contributed by atoms with Crippen LogP contribution in [0.1, 0.15) is 35.2 Å². The van der Waals surface area contributed by atoms with Crippen LogP contribution in [0.3, 0.4) is 0 Å². The standard InChI is InChI=1S/C22H26N4O3S/c27-22(23-10-6-18-8-12-30(28,29)13-9-18)19-14-20-21(24-15-19)26(16-25-20)11-7-17-4-2-1-3-5-17/h1-5,14-16,18H,6-13H2,(H,23,27). The van der Waals surface area contributed by atoms with Crippen molar-refractivity contribution in [2.75, 3.05) is 18.1 Å². The van der Waals surface area contributed by atoms with Gasteiger partial charge in [0.15, 0.2) is 5.65 Å². The number of sulfone groups is 1. The van der Waals surface area contributed by atoms with Crippen molar-refractivity contribution < 1.29 is 13.2 Å². The molecular formula is C22H26N4O3S. The van der Waals surface area contributed by atoms with Gasteiger partial charge in [0.1, 0.15) is 15.4 Å². The summed E-state index contributed by atoms with van der Waals surface area (Å²) in [6.45, 7) is 1.31. The summed E-state index contributed by atoms with van der Waals surface area (Å²) in [6.07, 6.45) is 6.41. The summed E-state index contributed by atoms with van der Waals surface area (Å²) in [5, 5.41) is 2.92. The number of nitrogens with zero attached hydrogens (tertiary/aromatic N) is 3. The molecule has 1 amide bonds. The summed E-state index contributed by atoms with van der Waals surface area (Å²) in [4.78, 5) is 21.3. The number of hydrogen-bond donors (Lipinski definition) is 1. The molecule has 0 saturated carbocycles. The maximum Gasteiger partial charge on any atom is 0.252 e. The largest absolute Gasteiger partial charge is 0.352 e. The molecule has 1 saturated heterocycles. The topological polar surface area (TPSA) is 93.9 Å². The second-order valence-corrected chi connectivity index (χ2v) is 10.2. The third kappa shape index (κ3) is 5.05. The van der Waals surface area contributed by atoms with Gasteiger partial charge in [-0.15, -0.1) is 0 Å². The lowest BCUT2D eigenvalue weighted by atomic mass is 9.99. The van der Waals surface area contributed by atoms with E-state index in [9.17, 15) is 13.2 Å². The van der Waals surface area contributed by atoms with E-state index in [1.807, 2.05) is 22.8 Å². The number of aromatic nitrogens is 3. The van der Waals surface area contributed by atoms with Gasteiger partial charge in [-0.1, -0.05) is 30.3 Å². The van der Waals surface area contributed by atoms with E-state index in [0.717, 1.165) is 25.0 Å². The number of carbonyl (C=O) groups excluding carboxylic acids is 1. The van der Waals surface area contributed by atoms with Crippen LogP contribution in [0.2, 0.25) is 0 Å². The van der Waals surface area contributed by atoms with Crippen molar-refractivity contribution in [3.8, 4) is 0 Å². The predicted octanol–water partition coefficient (Wildman–Crippen LogP) is 2.62. The Morgan fingerprint density at radius 2 is 1.90 bits per heavy atom. The monoisotopic (exact) mass is 426 g/mol. The molecule has 1 aliphatic heterocycles. The lowest BCUT2D eigenvalue weighted by Gasteiger charge is -2.21. The lowest BCUT2D eigenvalue weighted by molar-refractivity contribution is 0.0951. The van der Waals surface area contributed by atoms with Crippen molar-refractivity contribution in [1.82, 2.24) is 19.9 Å². The molecule has 8 heteroatoms. The Labute approximate surface area is 176 Å². The first kappa shape index (κ1) is 20.5. The van der Waals surface area contributed by atoms with E-state index in [-0.39, 0.29) is 17.4 Å². The maximum absolute atomic E-state index is 12.5. The molecule has 158 valence electrons. The van der Waals surface area contributed by atoms with Gasteiger partial charge in [-0.05, 0) is 43.2 Å². The number of carbonyl (C=O) groups is 1. The van der Waals surface area contributed by atoms with E-state index in [1.54, 1.807) is 18.6 Å². The van der Waals surface area contributed by atoms with Gasteiger partial charge in [-0.3, -0.25) is 4.79 Å². The second-order valence-electron chi connectivity index (χ2n) is 7.88.